The van der Waals surface area contributed by atoms with Crippen molar-refractivity contribution in [1.29, 1.82) is 0 Å². The summed E-state index contributed by atoms with van der Waals surface area (Å²) in [5.41, 5.74) is 2.18. The van der Waals surface area contributed by atoms with Gasteiger partial charge in [-0.1, -0.05) is 18.2 Å². The first-order valence-corrected chi connectivity index (χ1v) is 6.17. The van der Waals surface area contributed by atoms with Crippen molar-refractivity contribution in [2.75, 3.05) is 25.0 Å². The van der Waals surface area contributed by atoms with Gasteiger partial charge in [-0.3, -0.25) is 0 Å². The molecule has 1 aliphatic rings. The first-order chi connectivity index (χ1) is 8.99. The van der Waals surface area contributed by atoms with Crippen molar-refractivity contribution in [1.82, 2.24) is 5.32 Å². The summed E-state index contributed by atoms with van der Waals surface area (Å²) in [5, 5.41) is 5.64. The fourth-order valence-corrected chi connectivity index (χ4v) is 2.17. The van der Waals surface area contributed by atoms with Crippen LogP contribution in [0.4, 0.5) is 23.2 Å². The molecule has 1 unspecified atom stereocenters. The zero-order valence-electron chi connectivity index (χ0n) is 10.3. The average molecular weight is 276 g/mol. The molecule has 2 N–H and O–H groups in total. The Labute approximate surface area is 109 Å². The lowest BCUT2D eigenvalue weighted by Gasteiger charge is -2.27. The van der Waals surface area contributed by atoms with Gasteiger partial charge in [-0.25, -0.2) is 8.78 Å². The van der Waals surface area contributed by atoms with E-state index >= 15 is 0 Å². The fourth-order valence-electron chi connectivity index (χ4n) is 2.17. The number of hydrogen-bond donors (Lipinski definition) is 2. The molecule has 106 valence electrons. The Morgan fingerprint density at radius 2 is 2.05 bits per heavy atom. The molecule has 0 amide bonds. The van der Waals surface area contributed by atoms with Crippen molar-refractivity contribution in [3.63, 3.8) is 0 Å². The molecule has 1 atom stereocenters. The first kappa shape index (κ1) is 14.1. The maximum atomic E-state index is 12.7. The van der Waals surface area contributed by atoms with Crippen LogP contribution >= 0.6 is 0 Å². The van der Waals surface area contributed by atoms with E-state index in [-0.39, 0.29) is 5.92 Å². The highest BCUT2D eigenvalue weighted by Gasteiger charge is 2.40. The molecule has 0 bridgehead atoms. The predicted octanol–water partition coefficient (Wildman–Crippen LogP) is 2.76. The van der Waals surface area contributed by atoms with Gasteiger partial charge in [-0.2, -0.15) is 8.78 Å². The average Bonchev–Trinajstić information content (AvgIpc) is 2.38. The molecule has 1 aromatic carbocycles. The van der Waals surface area contributed by atoms with Crippen LogP contribution in [0.15, 0.2) is 24.3 Å². The maximum Gasteiger partial charge on any atom is 0.319 e. The maximum absolute atomic E-state index is 12.7. The summed E-state index contributed by atoms with van der Waals surface area (Å²) in [4.78, 5) is 0. The summed E-state index contributed by atoms with van der Waals surface area (Å²) >= 11 is 0. The summed E-state index contributed by atoms with van der Waals surface area (Å²) < 4.78 is 49.4. The van der Waals surface area contributed by atoms with Crippen molar-refractivity contribution in [2.24, 2.45) is 5.92 Å². The van der Waals surface area contributed by atoms with Gasteiger partial charge in [-0.05, 0) is 24.0 Å². The Morgan fingerprint density at radius 3 is 2.79 bits per heavy atom. The van der Waals surface area contributed by atoms with Crippen LogP contribution in [0.3, 0.4) is 0 Å². The summed E-state index contributed by atoms with van der Waals surface area (Å²) in [7, 11) is 0. The van der Waals surface area contributed by atoms with Crippen LogP contribution in [0.5, 0.6) is 0 Å². The molecule has 1 aromatic rings. The molecule has 0 aliphatic carbocycles. The van der Waals surface area contributed by atoms with E-state index in [1.807, 2.05) is 24.3 Å². The molecule has 0 aromatic heterocycles. The highest BCUT2D eigenvalue weighted by atomic mass is 19.3. The molecule has 0 fully saturated rings. The predicted molar refractivity (Wildman–Crippen MR) is 65.9 cm³/mol. The highest BCUT2D eigenvalue weighted by molar-refractivity contribution is 5.53. The van der Waals surface area contributed by atoms with E-state index in [1.54, 1.807) is 0 Å². The van der Waals surface area contributed by atoms with E-state index in [2.05, 4.69) is 10.6 Å². The van der Waals surface area contributed by atoms with Crippen molar-refractivity contribution in [3.05, 3.63) is 29.8 Å². The smallest absolute Gasteiger partial charge is 0.319 e. The lowest BCUT2D eigenvalue weighted by molar-refractivity contribution is -0.125. The third-order valence-electron chi connectivity index (χ3n) is 3.22. The molecule has 2 nitrogen and oxygen atoms in total. The Balaban J connectivity index is 1.80. The molecule has 2 rings (SSSR count). The summed E-state index contributed by atoms with van der Waals surface area (Å²) in [5.74, 6) is -3.83. The number of para-hydroxylation sites is 1. The zero-order valence-corrected chi connectivity index (χ0v) is 10.3. The number of anilines is 1. The zero-order chi connectivity index (χ0) is 13.9. The van der Waals surface area contributed by atoms with E-state index in [0.717, 1.165) is 17.7 Å². The van der Waals surface area contributed by atoms with E-state index in [1.165, 1.54) is 0 Å². The number of benzene rings is 1. The molecule has 0 radical (unpaired) electrons. The molecule has 1 heterocycles. The van der Waals surface area contributed by atoms with Gasteiger partial charge in [0.15, 0.2) is 0 Å². The second kappa shape index (κ2) is 5.77. The number of fused-ring (bicyclic) bond motifs is 1. The Morgan fingerprint density at radius 1 is 1.32 bits per heavy atom. The van der Waals surface area contributed by atoms with E-state index in [0.29, 0.717) is 13.1 Å². The monoisotopic (exact) mass is 276 g/mol. The van der Waals surface area contributed by atoms with Gasteiger partial charge in [0.25, 0.3) is 0 Å². The molecule has 19 heavy (non-hydrogen) atoms. The number of nitrogens with one attached hydrogen (secondary N) is 2. The van der Waals surface area contributed by atoms with Crippen molar-refractivity contribution in [2.45, 2.75) is 18.8 Å². The van der Waals surface area contributed by atoms with Gasteiger partial charge in [-0.15, -0.1) is 0 Å². The van der Waals surface area contributed by atoms with Gasteiger partial charge in [0.2, 0.25) is 0 Å². The molecule has 0 spiro atoms. The van der Waals surface area contributed by atoms with Crippen molar-refractivity contribution < 1.29 is 17.6 Å². The van der Waals surface area contributed by atoms with E-state index in [4.69, 9.17) is 0 Å². The summed E-state index contributed by atoms with van der Waals surface area (Å²) in [6.45, 7) is -0.0310. The van der Waals surface area contributed by atoms with Crippen LogP contribution in [0.1, 0.15) is 5.56 Å². The van der Waals surface area contributed by atoms with Crippen LogP contribution < -0.4 is 10.6 Å². The quantitative estimate of drug-likeness (QED) is 0.808. The summed E-state index contributed by atoms with van der Waals surface area (Å²) in [6, 6.07) is 7.78. The lowest BCUT2D eigenvalue weighted by atomic mass is 9.94. The molecular formula is C13H16F4N2. The van der Waals surface area contributed by atoms with Gasteiger partial charge in [0.05, 0.1) is 6.54 Å². The Hall–Kier alpha value is -1.30. The topological polar surface area (TPSA) is 24.1 Å². The minimum absolute atomic E-state index is 0.128. The molecule has 6 heteroatoms. The van der Waals surface area contributed by atoms with Gasteiger partial charge in [0.1, 0.15) is 0 Å². The van der Waals surface area contributed by atoms with E-state index < -0.39 is 18.9 Å². The van der Waals surface area contributed by atoms with E-state index in [9.17, 15) is 17.6 Å². The third kappa shape index (κ3) is 3.59. The van der Waals surface area contributed by atoms with Crippen LogP contribution in [0.2, 0.25) is 0 Å². The molecular weight excluding hydrogens is 260 g/mol. The Kier molecular flexibility index (Phi) is 4.29. The van der Waals surface area contributed by atoms with Gasteiger partial charge >= 0.3 is 12.3 Å². The minimum Gasteiger partial charge on any atom is -0.384 e. The van der Waals surface area contributed by atoms with Crippen molar-refractivity contribution in [3.8, 4) is 0 Å². The largest absolute Gasteiger partial charge is 0.384 e. The fraction of sp³-hybridized carbons (Fsp3) is 0.538. The summed E-state index contributed by atoms with van der Waals surface area (Å²) in [6.07, 6.45) is -2.86. The molecule has 0 saturated carbocycles. The Bertz CT molecular complexity index is 423. The highest BCUT2D eigenvalue weighted by Crippen LogP contribution is 2.24. The second-order valence-electron chi connectivity index (χ2n) is 4.80. The van der Waals surface area contributed by atoms with Gasteiger partial charge in [0, 0.05) is 18.8 Å². The first-order valence-electron chi connectivity index (χ1n) is 6.17. The second-order valence-corrected chi connectivity index (χ2v) is 4.80. The van der Waals surface area contributed by atoms with Crippen LogP contribution in [0, 0.1) is 5.92 Å². The number of alkyl halides is 4. The minimum atomic E-state index is -3.96. The van der Waals surface area contributed by atoms with Crippen molar-refractivity contribution >= 4 is 5.69 Å². The number of halogens is 4. The van der Waals surface area contributed by atoms with Gasteiger partial charge < -0.3 is 10.6 Å². The van der Waals surface area contributed by atoms with Crippen LogP contribution in [0.25, 0.3) is 0 Å². The third-order valence-corrected chi connectivity index (χ3v) is 3.22. The normalized spacial score (nSPS) is 19.1. The number of hydrogen-bond acceptors (Lipinski definition) is 2. The lowest BCUT2D eigenvalue weighted by Crippen LogP contribution is -2.42. The molecule has 1 aliphatic heterocycles. The molecule has 0 saturated heterocycles. The standard InChI is InChI=1S/C13H16F4N2/c14-12(15)13(16,17)8-18-6-9-5-10-3-1-2-4-11(10)19-7-9/h1-4,9,12,18-19H,5-8H2. The SMILES string of the molecule is FC(F)C(F)(F)CNCC1CNc2ccccc2C1. The van der Waals surface area contributed by atoms with Crippen LogP contribution in [-0.4, -0.2) is 32.0 Å². The van der Waals surface area contributed by atoms with Crippen LogP contribution in [-0.2, 0) is 6.42 Å². The number of rotatable bonds is 5.